The van der Waals surface area contributed by atoms with Gasteiger partial charge in [-0.25, -0.2) is 4.98 Å². The molecule has 0 atom stereocenters. The number of nitrogens with zero attached hydrogens (tertiary/aromatic N) is 4. The Balaban J connectivity index is 1.68. The molecule has 0 radical (unpaired) electrons. The molecule has 0 spiro atoms. The number of fused-ring (bicyclic) bond motifs is 2. The molecule has 0 aliphatic carbocycles. The van der Waals surface area contributed by atoms with Crippen LogP contribution in [-0.2, 0) is 13.1 Å². The number of aromatic nitrogens is 3. The molecule has 162 valence electrons. The van der Waals surface area contributed by atoms with E-state index in [4.69, 9.17) is 10.2 Å². The second kappa shape index (κ2) is 8.73. The Morgan fingerprint density at radius 1 is 0.970 bits per heavy atom. The van der Waals surface area contributed by atoms with Gasteiger partial charge in [0, 0.05) is 42.3 Å². The van der Waals surface area contributed by atoms with Crippen molar-refractivity contribution in [3.8, 4) is 17.3 Å². The smallest absolute Gasteiger partial charge is 0.277 e. The third kappa shape index (κ3) is 3.79. The van der Waals surface area contributed by atoms with Gasteiger partial charge in [-0.2, -0.15) is 5.26 Å². The van der Waals surface area contributed by atoms with E-state index in [0.717, 1.165) is 33.1 Å². The van der Waals surface area contributed by atoms with Crippen molar-refractivity contribution < 1.29 is 0 Å². The number of para-hydroxylation sites is 3. The molecule has 0 fully saturated rings. The Bertz CT molecular complexity index is 1550. The molecule has 0 aliphatic rings. The fourth-order valence-corrected chi connectivity index (χ4v) is 4.26. The summed E-state index contributed by atoms with van der Waals surface area (Å²) in [7, 11) is 1.88. The summed E-state index contributed by atoms with van der Waals surface area (Å²) in [6.45, 7) is 1.89. The summed E-state index contributed by atoms with van der Waals surface area (Å²) in [4.78, 5) is 18.4. The fourth-order valence-electron chi connectivity index (χ4n) is 4.26. The van der Waals surface area contributed by atoms with Crippen molar-refractivity contribution in [3.05, 3.63) is 100 Å². The van der Waals surface area contributed by atoms with Crippen LogP contribution in [0.5, 0.6) is 0 Å². The Morgan fingerprint density at radius 3 is 2.45 bits per heavy atom. The maximum atomic E-state index is 13.6. The van der Waals surface area contributed by atoms with Crippen LogP contribution in [0.1, 0.15) is 11.1 Å². The van der Waals surface area contributed by atoms with Gasteiger partial charge in [-0.15, -0.1) is 0 Å². The average Bonchev–Trinajstić information content (AvgIpc) is 3.22. The van der Waals surface area contributed by atoms with Crippen LogP contribution in [0.4, 0.5) is 0 Å². The van der Waals surface area contributed by atoms with Gasteiger partial charge in [0.25, 0.3) is 5.56 Å². The summed E-state index contributed by atoms with van der Waals surface area (Å²) in [5.74, 6) is 0. The van der Waals surface area contributed by atoms with Gasteiger partial charge in [0.15, 0.2) is 0 Å². The topological polar surface area (TPSA) is 75.6 Å². The van der Waals surface area contributed by atoms with Gasteiger partial charge < -0.3 is 14.5 Å². The van der Waals surface area contributed by atoms with E-state index in [0.29, 0.717) is 30.9 Å². The van der Waals surface area contributed by atoms with Crippen LogP contribution in [0.2, 0.25) is 0 Å². The number of hydrogen-bond acceptors (Lipinski definition) is 4. The monoisotopic (exact) mass is 433 g/mol. The van der Waals surface area contributed by atoms with Crippen LogP contribution in [-0.4, -0.2) is 27.7 Å². The Morgan fingerprint density at radius 2 is 1.70 bits per heavy atom. The summed E-state index contributed by atoms with van der Waals surface area (Å²) in [5, 5.41) is 13.2. The zero-order valence-electron chi connectivity index (χ0n) is 18.3. The molecule has 33 heavy (non-hydrogen) atoms. The molecule has 5 rings (SSSR count). The first-order chi connectivity index (χ1) is 16.2. The molecule has 0 unspecified atom stereocenters. The minimum atomic E-state index is -0.0924. The molecule has 0 amide bonds. The van der Waals surface area contributed by atoms with E-state index in [1.54, 1.807) is 4.57 Å². The maximum absolute atomic E-state index is 13.6. The highest BCUT2D eigenvalue weighted by Crippen LogP contribution is 2.29. The zero-order chi connectivity index (χ0) is 22.8. The van der Waals surface area contributed by atoms with Crippen molar-refractivity contribution in [2.45, 2.75) is 13.1 Å². The molecular formula is C27H23N5O. The van der Waals surface area contributed by atoms with Crippen LogP contribution in [0.15, 0.2) is 83.8 Å². The Labute approximate surface area is 191 Å². The lowest BCUT2D eigenvalue weighted by Crippen LogP contribution is -2.27. The second-order valence-corrected chi connectivity index (χ2v) is 8.01. The molecule has 0 aliphatic heterocycles. The minimum Gasteiger partial charge on any atom is -0.342 e. The molecule has 1 N–H and O–H groups in total. The third-order valence-electron chi connectivity index (χ3n) is 5.92. The highest BCUT2D eigenvalue weighted by Gasteiger charge is 2.18. The van der Waals surface area contributed by atoms with E-state index in [-0.39, 0.29) is 5.56 Å². The third-order valence-corrected chi connectivity index (χ3v) is 5.92. The van der Waals surface area contributed by atoms with Gasteiger partial charge in [0.1, 0.15) is 5.69 Å². The summed E-state index contributed by atoms with van der Waals surface area (Å²) < 4.78 is 3.95. The first kappa shape index (κ1) is 20.7. The van der Waals surface area contributed by atoms with Crippen molar-refractivity contribution in [3.63, 3.8) is 0 Å². The lowest BCUT2D eigenvalue weighted by atomic mass is 10.1. The van der Waals surface area contributed by atoms with Gasteiger partial charge >= 0.3 is 0 Å². The predicted octanol–water partition coefficient (Wildman–Crippen LogP) is 4.16. The largest absolute Gasteiger partial charge is 0.342 e. The van der Waals surface area contributed by atoms with Gasteiger partial charge in [-0.05, 0) is 42.9 Å². The summed E-state index contributed by atoms with van der Waals surface area (Å²) in [5.41, 5.74) is 5.58. The van der Waals surface area contributed by atoms with Crippen molar-refractivity contribution in [2.24, 2.45) is 0 Å². The molecule has 6 heteroatoms. The molecule has 0 saturated heterocycles. The van der Waals surface area contributed by atoms with Crippen molar-refractivity contribution in [2.75, 3.05) is 13.6 Å². The van der Waals surface area contributed by atoms with Crippen LogP contribution in [0.25, 0.3) is 33.2 Å². The van der Waals surface area contributed by atoms with Crippen LogP contribution in [0.3, 0.4) is 0 Å². The quantitative estimate of drug-likeness (QED) is 0.436. The van der Waals surface area contributed by atoms with Crippen molar-refractivity contribution in [1.29, 1.82) is 5.26 Å². The van der Waals surface area contributed by atoms with Gasteiger partial charge in [-0.3, -0.25) is 4.79 Å². The molecule has 0 saturated carbocycles. The number of hydrogen-bond donors (Lipinski definition) is 1. The second-order valence-electron chi connectivity index (χ2n) is 8.01. The number of rotatable bonds is 6. The van der Waals surface area contributed by atoms with Crippen LogP contribution >= 0.6 is 0 Å². The van der Waals surface area contributed by atoms with E-state index in [1.807, 2.05) is 80.0 Å². The normalized spacial score (nSPS) is 11.2. The van der Waals surface area contributed by atoms with E-state index < -0.39 is 0 Å². The Kier molecular flexibility index (Phi) is 5.47. The summed E-state index contributed by atoms with van der Waals surface area (Å²) in [6.07, 6.45) is 2.02. The highest BCUT2D eigenvalue weighted by molar-refractivity contribution is 5.96. The van der Waals surface area contributed by atoms with E-state index >= 15 is 0 Å². The van der Waals surface area contributed by atoms with Gasteiger partial charge in [0.2, 0.25) is 0 Å². The number of nitrogens with one attached hydrogen (secondary N) is 1. The van der Waals surface area contributed by atoms with Gasteiger partial charge in [0.05, 0.1) is 22.7 Å². The molecule has 2 aromatic heterocycles. The molecule has 2 heterocycles. The lowest BCUT2D eigenvalue weighted by Gasteiger charge is -2.12. The number of nitriles is 1. The number of likely N-dealkylation sites (N-methyl/N-ethyl adjacent to an activating group) is 1. The number of benzene rings is 3. The average molecular weight is 434 g/mol. The van der Waals surface area contributed by atoms with Gasteiger partial charge in [-0.1, -0.05) is 42.5 Å². The standard InChI is InChI=1S/C27H23N5O/c1-29-14-15-32-25-9-5-3-7-23(25)30-26(27(32)33)22-18-31(24-8-4-2-6-21(22)24)17-20-12-10-19(16-28)11-13-20/h2-13,18,29H,14-15,17H2,1H3. The SMILES string of the molecule is CNCCn1c(=O)c(-c2cn(Cc3ccc(C#N)cc3)c3ccccc23)nc2ccccc21. The molecule has 6 nitrogen and oxygen atoms in total. The zero-order valence-corrected chi connectivity index (χ0v) is 18.3. The van der Waals surface area contributed by atoms with E-state index in [9.17, 15) is 4.79 Å². The van der Waals surface area contributed by atoms with E-state index in [2.05, 4.69) is 22.0 Å². The van der Waals surface area contributed by atoms with Crippen molar-refractivity contribution >= 4 is 21.9 Å². The lowest BCUT2D eigenvalue weighted by molar-refractivity contribution is 0.643. The van der Waals surface area contributed by atoms with Crippen LogP contribution in [0, 0.1) is 11.3 Å². The molecule has 0 bridgehead atoms. The highest BCUT2D eigenvalue weighted by atomic mass is 16.1. The fraction of sp³-hybridized carbons (Fsp3) is 0.148. The Hall–Kier alpha value is -4.21. The maximum Gasteiger partial charge on any atom is 0.277 e. The molecule has 5 aromatic rings. The van der Waals surface area contributed by atoms with Crippen molar-refractivity contribution in [1.82, 2.24) is 19.4 Å². The molecular weight excluding hydrogens is 410 g/mol. The molecule has 3 aromatic carbocycles. The minimum absolute atomic E-state index is 0.0924. The first-order valence-electron chi connectivity index (χ1n) is 10.9. The predicted molar refractivity (Wildman–Crippen MR) is 131 cm³/mol. The summed E-state index contributed by atoms with van der Waals surface area (Å²) in [6, 6.07) is 25.6. The first-order valence-corrected chi connectivity index (χ1v) is 10.9. The van der Waals surface area contributed by atoms with E-state index in [1.165, 1.54) is 0 Å². The van der Waals surface area contributed by atoms with Crippen LogP contribution < -0.4 is 10.9 Å². The summed E-state index contributed by atoms with van der Waals surface area (Å²) >= 11 is 0.